The molecule has 0 saturated heterocycles. The molecule has 1 unspecified atom stereocenters. The Morgan fingerprint density at radius 2 is 1.96 bits per heavy atom. The first kappa shape index (κ1) is 15.0. The van der Waals surface area contributed by atoms with Crippen molar-refractivity contribution >= 4 is 11.6 Å². The van der Waals surface area contributed by atoms with E-state index in [1.54, 1.807) is 6.33 Å². The fourth-order valence-electron chi connectivity index (χ4n) is 2.53. The molecule has 0 radical (unpaired) electrons. The molecule has 0 fully saturated rings. The predicted molar refractivity (Wildman–Crippen MR) is 88.8 cm³/mol. The summed E-state index contributed by atoms with van der Waals surface area (Å²) in [4.78, 5) is 12.4. The number of para-hydroxylation sites is 1. The summed E-state index contributed by atoms with van der Waals surface area (Å²) in [6.07, 6.45) is 5.97. The van der Waals surface area contributed by atoms with E-state index in [0.717, 1.165) is 17.1 Å². The summed E-state index contributed by atoms with van der Waals surface area (Å²) in [5, 5.41) is 11.0. The highest BCUT2D eigenvalue weighted by atomic mass is 16.1. The van der Waals surface area contributed by atoms with Gasteiger partial charge >= 0.3 is 0 Å². The molecular weight excluding hydrogens is 290 g/mol. The minimum Gasteiger partial charge on any atom is -0.351 e. The van der Waals surface area contributed by atoms with E-state index >= 15 is 0 Å². The highest BCUT2D eigenvalue weighted by molar-refractivity contribution is 5.94. The molecule has 6 heteroatoms. The lowest BCUT2D eigenvalue weighted by atomic mass is 10.1. The second kappa shape index (κ2) is 6.48. The van der Waals surface area contributed by atoms with Crippen LogP contribution >= 0.6 is 0 Å². The lowest BCUT2D eigenvalue weighted by Gasteiger charge is -2.15. The molecule has 1 atom stereocenters. The summed E-state index contributed by atoms with van der Waals surface area (Å²) in [5.41, 5.74) is 1.60. The second-order valence-electron chi connectivity index (χ2n) is 5.54. The van der Waals surface area contributed by atoms with E-state index in [-0.39, 0.29) is 11.9 Å². The standard InChI is InChI=1S/C17H19N5O/c1-13(22-9-5-6-10-22)11-16(23)19-15-8-4-3-7-14(15)17-20-18-12-21(17)2/h3-10,12-13H,11H2,1-2H3,(H,19,23). The van der Waals surface area contributed by atoms with Crippen molar-refractivity contribution in [2.24, 2.45) is 7.05 Å². The average molecular weight is 309 g/mol. The number of aromatic nitrogens is 4. The zero-order valence-electron chi connectivity index (χ0n) is 13.2. The van der Waals surface area contributed by atoms with Gasteiger partial charge < -0.3 is 14.5 Å². The van der Waals surface area contributed by atoms with Gasteiger partial charge in [-0.25, -0.2) is 0 Å². The van der Waals surface area contributed by atoms with Crippen LogP contribution in [0.2, 0.25) is 0 Å². The van der Waals surface area contributed by atoms with Crippen LogP contribution in [0.25, 0.3) is 11.4 Å². The van der Waals surface area contributed by atoms with Crippen molar-refractivity contribution in [1.82, 2.24) is 19.3 Å². The van der Waals surface area contributed by atoms with E-state index in [4.69, 9.17) is 0 Å². The zero-order chi connectivity index (χ0) is 16.2. The van der Waals surface area contributed by atoms with Gasteiger partial charge in [0, 0.05) is 37.5 Å². The predicted octanol–water partition coefficient (Wildman–Crippen LogP) is 2.87. The fourth-order valence-corrected chi connectivity index (χ4v) is 2.53. The van der Waals surface area contributed by atoms with Gasteiger partial charge in [-0.1, -0.05) is 12.1 Å². The van der Waals surface area contributed by atoms with Crippen molar-refractivity contribution in [3.05, 3.63) is 55.1 Å². The molecule has 0 saturated carbocycles. The highest BCUT2D eigenvalue weighted by Crippen LogP contribution is 2.26. The van der Waals surface area contributed by atoms with E-state index in [0.29, 0.717) is 6.42 Å². The number of anilines is 1. The molecule has 6 nitrogen and oxygen atoms in total. The summed E-state index contributed by atoms with van der Waals surface area (Å²) < 4.78 is 3.85. The minimum absolute atomic E-state index is 0.0270. The zero-order valence-corrected chi connectivity index (χ0v) is 13.2. The SMILES string of the molecule is CC(CC(=O)Nc1ccccc1-c1nncn1C)n1cccc1. The topological polar surface area (TPSA) is 64.7 Å². The fraction of sp³-hybridized carbons (Fsp3) is 0.235. The van der Waals surface area contributed by atoms with Crippen molar-refractivity contribution in [1.29, 1.82) is 0 Å². The van der Waals surface area contributed by atoms with E-state index in [1.165, 1.54) is 0 Å². The molecule has 1 N–H and O–H groups in total. The van der Waals surface area contributed by atoms with Crippen molar-refractivity contribution in [3.63, 3.8) is 0 Å². The van der Waals surface area contributed by atoms with Gasteiger partial charge in [0.1, 0.15) is 6.33 Å². The van der Waals surface area contributed by atoms with Crippen LogP contribution < -0.4 is 5.32 Å². The van der Waals surface area contributed by atoms with Crippen LogP contribution in [0.1, 0.15) is 19.4 Å². The van der Waals surface area contributed by atoms with Gasteiger partial charge in [0.15, 0.2) is 5.82 Å². The Balaban J connectivity index is 1.76. The molecule has 118 valence electrons. The lowest BCUT2D eigenvalue weighted by molar-refractivity contribution is -0.116. The molecule has 2 aromatic heterocycles. The largest absolute Gasteiger partial charge is 0.351 e. The number of amides is 1. The molecule has 3 rings (SSSR count). The smallest absolute Gasteiger partial charge is 0.226 e. The lowest BCUT2D eigenvalue weighted by Crippen LogP contribution is -2.17. The van der Waals surface area contributed by atoms with Crippen molar-refractivity contribution < 1.29 is 4.79 Å². The van der Waals surface area contributed by atoms with Gasteiger partial charge in [0.2, 0.25) is 5.91 Å². The van der Waals surface area contributed by atoms with Crippen LogP contribution in [-0.4, -0.2) is 25.2 Å². The molecule has 2 heterocycles. The Hall–Kier alpha value is -2.89. The van der Waals surface area contributed by atoms with Crippen molar-refractivity contribution in [2.45, 2.75) is 19.4 Å². The van der Waals surface area contributed by atoms with E-state index in [1.807, 2.05) is 71.9 Å². The van der Waals surface area contributed by atoms with Crippen LogP contribution in [-0.2, 0) is 11.8 Å². The number of aryl methyl sites for hydroxylation is 1. The van der Waals surface area contributed by atoms with Crippen LogP contribution in [0.15, 0.2) is 55.1 Å². The molecule has 0 spiro atoms. The molecule has 0 bridgehead atoms. The molecule has 0 aliphatic carbocycles. The molecular formula is C17H19N5O. The van der Waals surface area contributed by atoms with Crippen LogP contribution in [0, 0.1) is 0 Å². The molecule has 1 aromatic carbocycles. The van der Waals surface area contributed by atoms with E-state index in [2.05, 4.69) is 15.5 Å². The summed E-state index contributed by atoms with van der Waals surface area (Å²) >= 11 is 0. The number of nitrogens with zero attached hydrogens (tertiary/aromatic N) is 4. The van der Waals surface area contributed by atoms with Gasteiger partial charge in [-0.2, -0.15) is 0 Å². The van der Waals surface area contributed by atoms with Crippen LogP contribution in [0.3, 0.4) is 0 Å². The molecule has 0 aliphatic rings. The molecule has 3 aromatic rings. The first-order valence-electron chi connectivity index (χ1n) is 7.51. The maximum atomic E-state index is 12.4. The third kappa shape index (κ3) is 3.31. The monoisotopic (exact) mass is 309 g/mol. The molecule has 23 heavy (non-hydrogen) atoms. The first-order valence-corrected chi connectivity index (χ1v) is 7.51. The summed E-state index contributed by atoms with van der Waals surface area (Å²) in [6, 6.07) is 11.6. The maximum Gasteiger partial charge on any atom is 0.226 e. The van der Waals surface area contributed by atoms with Gasteiger partial charge in [0.05, 0.1) is 5.69 Å². The summed E-state index contributed by atoms with van der Waals surface area (Å²) in [5.74, 6) is 0.695. The van der Waals surface area contributed by atoms with E-state index < -0.39 is 0 Å². The Labute approximate surface area is 134 Å². The second-order valence-corrected chi connectivity index (χ2v) is 5.54. The van der Waals surface area contributed by atoms with Crippen LogP contribution in [0.5, 0.6) is 0 Å². The third-order valence-electron chi connectivity index (χ3n) is 3.77. The van der Waals surface area contributed by atoms with E-state index in [9.17, 15) is 4.79 Å². The maximum absolute atomic E-state index is 12.4. The Bertz CT molecular complexity index is 791. The highest BCUT2D eigenvalue weighted by Gasteiger charge is 2.14. The molecule has 0 aliphatic heterocycles. The number of hydrogen-bond acceptors (Lipinski definition) is 3. The summed E-state index contributed by atoms with van der Waals surface area (Å²) in [7, 11) is 1.88. The third-order valence-corrected chi connectivity index (χ3v) is 3.77. The van der Waals surface area contributed by atoms with Gasteiger partial charge in [-0.3, -0.25) is 4.79 Å². The number of carbonyl (C=O) groups excluding carboxylic acids is 1. The number of carbonyl (C=O) groups is 1. The van der Waals surface area contributed by atoms with Crippen molar-refractivity contribution in [2.75, 3.05) is 5.32 Å². The van der Waals surface area contributed by atoms with Crippen molar-refractivity contribution in [3.8, 4) is 11.4 Å². The first-order chi connectivity index (χ1) is 11.1. The Kier molecular flexibility index (Phi) is 4.23. The Morgan fingerprint density at radius 3 is 2.65 bits per heavy atom. The number of rotatable bonds is 5. The minimum atomic E-state index is -0.0270. The number of benzene rings is 1. The van der Waals surface area contributed by atoms with Gasteiger partial charge in [-0.15, -0.1) is 10.2 Å². The number of nitrogens with one attached hydrogen (secondary N) is 1. The quantitative estimate of drug-likeness (QED) is 0.788. The molecule has 1 amide bonds. The Morgan fingerprint density at radius 1 is 1.22 bits per heavy atom. The average Bonchev–Trinajstić information content (AvgIpc) is 3.19. The number of hydrogen-bond donors (Lipinski definition) is 1. The van der Waals surface area contributed by atoms with Crippen LogP contribution in [0.4, 0.5) is 5.69 Å². The summed E-state index contributed by atoms with van der Waals surface area (Å²) in [6.45, 7) is 2.02. The van der Waals surface area contributed by atoms with Gasteiger partial charge in [0.25, 0.3) is 0 Å². The van der Waals surface area contributed by atoms with Gasteiger partial charge in [-0.05, 0) is 31.2 Å². The normalized spacial score (nSPS) is 12.1.